The summed E-state index contributed by atoms with van der Waals surface area (Å²) in [5.74, 6) is 0.189. The molecule has 0 unspecified atom stereocenters. The van der Waals surface area contributed by atoms with Gasteiger partial charge in [-0.2, -0.15) is 0 Å². The molecule has 1 aromatic rings. The first-order valence-electron chi connectivity index (χ1n) is 4.43. The van der Waals surface area contributed by atoms with E-state index < -0.39 is 5.60 Å². The second kappa shape index (κ2) is 3.69. The minimum Gasteiger partial charge on any atom is -0.385 e. The fourth-order valence-corrected chi connectivity index (χ4v) is 1.25. The van der Waals surface area contributed by atoms with Crippen molar-refractivity contribution < 1.29 is 5.11 Å². The lowest BCUT2D eigenvalue weighted by Gasteiger charge is -2.28. The monoisotopic (exact) mass is 198 g/mol. The van der Waals surface area contributed by atoms with Crippen LogP contribution in [0.5, 0.6) is 0 Å². The van der Waals surface area contributed by atoms with Gasteiger partial charge in [0.05, 0.1) is 5.60 Å². The summed E-state index contributed by atoms with van der Waals surface area (Å²) < 4.78 is 0. The van der Waals surface area contributed by atoms with E-state index in [1.807, 2.05) is 32.9 Å². The number of hydrogen-bond acceptors (Lipinski definition) is 1. The van der Waals surface area contributed by atoms with Gasteiger partial charge in [0.1, 0.15) is 0 Å². The first kappa shape index (κ1) is 10.6. The molecular weight excluding hydrogens is 184 g/mol. The molecule has 0 amide bonds. The number of aliphatic hydroxyl groups is 1. The van der Waals surface area contributed by atoms with Crippen LogP contribution in [0.25, 0.3) is 0 Å². The normalized spacial score (nSPS) is 15.8. The summed E-state index contributed by atoms with van der Waals surface area (Å²) in [6.45, 7) is 5.81. The third-order valence-corrected chi connectivity index (χ3v) is 2.80. The zero-order chi connectivity index (χ0) is 10.1. The van der Waals surface area contributed by atoms with E-state index in [1.165, 1.54) is 0 Å². The van der Waals surface area contributed by atoms with E-state index in [9.17, 15) is 5.11 Å². The average molecular weight is 199 g/mol. The smallest absolute Gasteiger partial charge is 0.0891 e. The van der Waals surface area contributed by atoms with Crippen molar-refractivity contribution in [1.82, 2.24) is 0 Å². The van der Waals surface area contributed by atoms with Crippen LogP contribution in [0.3, 0.4) is 0 Å². The van der Waals surface area contributed by atoms with Gasteiger partial charge >= 0.3 is 0 Å². The largest absolute Gasteiger partial charge is 0.385 e. The van der Waals surface area contributed by atoms with Crippen molar-refractivity contribution in [2.24, 2.45) is 5.92 Å². The fraction of sp³-hybridized carbons (Fsp3) is 0.455. The van der Waals surface area contributed by atoms with E-state index >= 15 is 0 Å². The van der Waals surface area contributed by atoms with Crippen LogP contribution in [-0.4, -0.2) is 5.11 Å². The SMILES string of the molecule is CC(C)[C@](C)(O)c1ccc(Cl)cc1. The summed E-state index contributed by atoms with van der Waals surface area (Å²) in [6.07, 6.45) is 0. The van der Waals surface area contributed by atoms with Crippen molar-refractivity contribution in [3.8, 4) is 0 Å². The Morgan fingerprint density at radius 2 is 1.69 bits per heavy atom. The molecule has 0 saturated carbocycles. The molecule has 13 heavy (non-hydrogen) atoms. The highest BCUT2D eigenvalue weighted by molar-refractivity contribution is 6.30. The van der Waals surface area contributed by atoms with Gasteiger partial charge in [0.15, 0.2) is 0 Å². The number of halogens is 1. The maximum Gasteiger partial charge on any atom is 0.0891 e. The quantitative estimate of drug-likeness (QED) is 0.774. The third-order valence-electron chi connectivity index (χ3n) is 2.55. The summed E-state index contributed by atoms with van der Waals surface area (Å²) in [5, 5.41) is 10.8. The van der Waals surface area contributed by atoms with Crippen LogP contribution in [0, 0.1) is 5.92 Å². The number of hydrogen-bond donors (Lipinski definition) is 1. The Labute approximate surface area is 84.4 Å². The maximum absolute atomic E-state index is 10.1. The number of rotatable bonds is 2. The van der Waals surface area contributed by atoms with E-state index in [2.05, 4.69) is 0 Å². The van der Waals surface area contributed by atoms with Crippen LogP contribution in [0.4, 0.5) is 0 Å². The molecule has 0 aliphatic rings. The first-order valence-corrected chi connectivity index (χ1v) is 4.81. The van der Waals surface area contributed by atoms with Crippen molar-refractivity contribution in [3.05, 3.63) is 34.9 Å². The summed E-state index contributed by atoms with van der Waals surface area (Å²) >= 11 is 5.76. The van der Waals surface area contributed by atoms with Crippen LogP contribution in [-0.2, 0) is 5.60 Å². The summed E-state index contributed by atoms with van der Waals surface area (Å²) in [4.78, 5) is 0. The van der Waals surface area contributed by atoms with E-state index in [4.69, 9.17) is 11.6 Å². The fourth-order valence-electron chi connectivity index (χ4n) is 1.12. The highest BCUT2D eigenvalue weighted by atomic mass is 35.5. The molecule has 0 bridgehead atoms. The molecule has 0 radical (unpaired) electrons. The molecule has 1 N–H and O–H groups in total. The number of benzene rings is 1. The molecule has 2 heteroatoms. The zero-order valence-corrected chi connectivity index (χ0v) is 8.97. The topological polar surface area (TPSA) is 20.2 Å². The summed E-state index contributed by atoms with van der Waals surface area (Å²) in [5.41, 5.74) is 0.136. The van der Waals surface area contributed by atoms with Crippen LogP contribution in [0.2, 0.25) is 5.02 Å². The van der Waals surface area contributed by atoms with Crippen LogP contribution < -0.4 is 0 Å². The minimum absolute atomic E-state index is 0.189. The second-order valence-electron chi connectivity index (χ2n) is 3.81. The Hall–Kier alpha value is -0.530. The predicted molar refractivity (Wildman–Crippen MR) is 55.9 cm³/mol. The molecule has 0 fully saturated rings. The molecule has 0 heterocycles. The Bertz CT molecular complexity index is 275. The van der Waals surface area contributed by atoms with Gasteiger partial charge < -0.3 is 5.11 Å². The van der Waals surface area contributed by atoms with Gasteiger partial charge in [-0.3, -0.25) is 0 Å². The Morgan fingerprint density at radius 1 is 1.23 bits per heavy atom. The van der Waals surface area contributed by atoms with Crippen molar-refractivity contribution in [3.63, 3.8) is 0 Å². The van der Waals surface area contributed by atoms with Crippen LogP contribution in [0.1, 0.15) is 26.3 Å². The van der Waals surface area contributed by atoms with Crippen LogP contribution in [0.15, 0.2) is 24.3 Å². The first-order chi connectivity index (χ1) is 5.94. The lowest BCUT2D eigenvalue weighted by atomic mass is 9.85. The van der Waals surface area contributed by atoms with Gasteiger partial charge in [-0.05, 0) is 30.5 Å². The Morgan fingerprint density at radius 3 is 2.08 bits per heavy atom. The van der Waals surface area contributed by atoms with Gasteiger partial charge in [-0.15, -0.1) is 0 Å². The van der Waals surface area contributed by atoms with Crippen LogP contribution >= 0.6 is 11.6 Å². The second-order valence-corrected chi connectivity index (χ2v) is 4.25. The molecule has 0 aromatic heterocycles. The van der Waals surface area contributed by atoms with E-state index in [1.54, 1.807) is 12.1 Å². The van der Waals surface area contributed by atoms with Crippen molar-refractivity contribution in [1.29, 1.82) is 0 Å². The molecule has 0 aliphatic heterocycles. The predicted octanol–water partition coefficient (Wildman–Crippen LogP) is 3.20. The molecule has 0 spiro atoms. The Balaban J connectivity index is 3.01. The molecule has 1 rings (SSSR count). The molecule has 0 saturated heterocycles. The Kier molecular flexibility index (Phi) is 2.99. The van der Waals surface area contributed by atoms with Crippen molar-refractivity contribution >= 4 is 11.6 Å². The van der Waals surface area contributed by atoms with Crippen molar-refractivity contribution in [2.45, 2.75) is 26.4 Å². The van der Waals surface area contributed by atoms with E-state index in [0.717, 1.165) is 5.56 Å². The highest BCUT2D eigenvalue weighted by Gasteiger charge is 2.26. The minimum atomic E-state index is -0.773. The molecule has 1 nitrogen and oxygen atoms in total. The lowest BCUT2D eigenvalue weighted by molar-refractivity contribution is 0.00906. The van der Waals surface area contributed by atoms with Crippen molar-refractivity contribution in [2.75, 3.05) is 0 Å². The van der Waals surface area contributed by atoms with Gasteiger partial charge in [0.25, 0.3) is 0 Å². The van der Waals surface area contributed by atoms with Gasteiger partial charge in [0.2, 0.25) is 0 Å². The molecule has 0 aliphatic carbocycles. The molecular formula is C11H15ClO. The summed E-state index contributed by atoms with van der Waals surface area (Å²) in [6, 6.07) is 7.33. The maximum atomic E-state index is 10.1. The lowest BCUT2D eigenvalue weighted by Crippen LogP contribution is -2.27. The average Bonchev–Trinajstić information content (AvgIpc) is 2.04. The van der Waals surface area contributed by atoms with Gasteiger partial charge in [0, 0.05) is 5.02 Å². The third kappa shape index (κ3) is 2.23. The molecule has 1 atom stereocenters. The highest BCUT2D eigenvalue weighted by Crippen LogP contribution is 2.29. The molecule has 1 aromatic carbocycles. The van der Waals surface area contributed by atoms with Gasteiger partial charge in [-0.25, -0.2) is 0 Å². The summed E-state index contributed by atoms with van der Waals surface area (Å²) in [7, 11) is 0. The van der Waals surface area contributed by atoms with E-state index in [0.29, 0.717) is 5.02 Å². The standard InChI is InChI=1S/C11H15ClO/c1-8(2)11(3,13)9-4-6-10(12)7-5-9/h4-8,13H,1-3H3/t11-/m0/s1. The zero-order valence-electron chi connectivity index (χ0n) is 8.21. The molecule has 72 valence electrons. The van der Waals surface area contributed by atoms with Gasteiger partial charge in [-0.1, -0.05) is 37.6 Å². The van der Waals surface area contributed by atoms with E-state index in [-0.39, 0.29) is 5.92 Å².